The monoisotopic (exact) mass is 897 g/mol. The van der Waals surface area contributed by atoms with Crippen LogP contribution in [0.3, 0.4) is 0 Å². The second kappa shape index (κ2) is 17.5. The number of phenols is 2. The lowest BCUT2D eigenvalue weighted by atomic mass is 9.84. The Bertz CT molecular complexity index is 2530. The number of rotatable bonds is 9. The number of amides is 1. The number of likely N-dealkylation sites (tertiary alicyclic amines) is 1. The van der Waals surface area contributed by atoms with Gasteiger partial charge in [-0.3, -0.25) is 4.99 Å². The Morgan fingerprint density at radius 3 is 2.00 bits per heavy atom. The lowest BCUT2D eigenvalue weighted by molar-refractivity contribution is -0.0543. The summed E-state index contributed by atoms with van der Waals surface area (Å²) in [6.45, 7) is 18.5. The number of benzene rings is 4. The number of aliphatic imine (C=N–C) groups is 1. The van der Waals surface area contributed by atoms with Gasteiger partial charge in [-0.1, -0.05) is 35.3 Å². The van der Waals surface area contributed by atoms with Crippen molar-refractivity contribution in [3.8, 4) is 45.3 Å². The summed E-state index contributed by atoms with van der Waals surface area (Å²) in [5, 5.41) is 29.1. The summed E-state index contributed by atoms with van der Waals surface area (Å²) in [6, 6.07) is 18.7. The smallest absolute Gasteiger partial charge is 0.410 e. The molecule has 5 aromatic rings. The molecule has 1 aromatic heterocycles. The first-order chi connectivity index (χ1) is 29.8. The Labute approximate surface area is 379 Å². The van der Waals surface area contributed by atoms with Crippen LogP contribution in [0.1, 0.15) is 85.1 Å². The van der Waals surface area contributed by atoms with Crippen LogP contribution in [0.2, 0.25) is 10.0 Å². The van der Waals surface area contributed by atoms with E-state index in [1.54, 1.807) is 29.2 Å². The number of ether oxygens (including phenoxy) is 4. The van der Waals surface area contributed by atoms with Crippen LogP contribution in [0.15, 0.2) is 71.9 Å². The van der Waals surface area contributed by atoms with E-state index in [1.807, 2.05) is 62.1 Å². The van der Waals surface area contributed by atoms with Gasteiger partial charge in [-0.2, -0.15) is 5.10 Å². The molecule has 3 N–H and O–H groups in total. The molecule has 63 heavy (non-hydrogen) atoms. The summed E-state index contributed by atoms with van der Waals surface area (Å²) in [5.41, 5.74) is 5.51. The molecule has 1 amide bonds. The summed E-state index contributed by atoms with van der Waals surface area (Å²) in [7, 11) is 0. The highest BCUT2D eigenvalue weighted by atomic mass is 35.5. The van der Waals surface area contributed by atoms with E-state index in [4.69, 9.17) is 47.2 Å². The van der Waals surface area contributed by atoms with Gasteiger partial charge in [-0.25, -0.2) is 9.48 Å². The molecule has 4 aromatic carbocycles. The molecule has 0 bridgehead atoms. The number of phenolic OH excluding ortho intramolecular Hbond substituents is 2. The molecule has 3 fully saturated rings. The van der Waals surface area contributed by atoms with Crippen LogP contribution >= 0.6 is 23.2 Å². The van der Waals surface area contributed by atoms with Crippen LogP contribution in [0.25, 0.3) is 33.2 Å². The van der Waals surface area contributed by atoms with Crippen molar-refractivity contribution in [2.24, 2.45) is 16.8 Å². The number of nitrogens with zero attached hydrogens (tertiary/aromatic N) is 4. The van der Waals surface area contributed by atoms with Crippen LogP contribution < -0.4 is 14.8 Å². The zero-order valence-corrected chi connectivity index (χ0v) is 38.5. The van der Waals surface area contributed by atoms with E-state index in [0.29, 0.717) is 42.9 Å². The van der Waals surface area contributed by atoms with Crippen molar-refractivity contribution in [1.29, 1.82) is 0 Å². The van der Waals surface area contributed by atoms with E-state index in [1.165, 1.54) is 0 Å². The van der Waals surface area contributed by atoms with Crippen molar-refractivity contribution in [3.63, 3.8) is 0 Å². The molecule has 1 unspecified atom stereocenters. The highest BCUT2D eigenvalue weighted by molar-refractivity contribution is 6.32. The fourth-order valence-corrected chi connectivity index (χ4v) is 8.60. The van der Waals surface area contributed by atoms with Gasteiger partial charge in [0.1, 0.15) is 39.8 Å². The third-order valence-corrected chi connectivity index (χ3v) is 13.0. The van der Waals surface area contributed by atoms with Crippen molar-refractivity contribution in [3.05, 3.63) is 88.0 Å². The van der Waals surface area contributed by atoms with E-state index >= 15 is 0 Å². The number of fused-ring (bicyclic) bond motifs is 2. The average molecular weight is 899 g/mol. The maximum absolute atomic E-state index is 12.5. The maximum atomic E-state index is 12.5. The minimum atomic E-state index is -0.555. The van der Waals surface area contributed by atoms with Crippen molar-refractivity contribution in [2.75, 3.05) is 32.8 Å². The van der Waals surface area contributed by atoms with E-state index < -0.39 is 11.2 Å². The van der Waals surface area contributed by atoms with E-state index in [0.717, 1.165) is 82.4 Å². The van der Waals surface area contributed by atoms with Crippen molar-refractivity contribution >= 4 is 46.4 Å². The summed E-state index contributed by atoms with van der Waals surface area (Å²) in [4.78, 5) is 18.6. The average Bonchev–Trinajstić information content (AvgIpc) is 3.83. The van der Waals surface area contributed by atoms with Crippen LogP contribution in [0, 0.1) is 11.8 Å². The summed E-state index contributed by atoms with van der Waals surface area (Å²) in [6.07, 6.45) is 6.34. The van der Waals surface area contributed by atoms with E-state index in [9.17, 15) is 15.0 Å². The largest absolute Gasteiger partial charge is 0.506 e. The van der Waals surface area contributed by atoms with Gasteiger partial charge in [0.2, 0.25) is 0 Å². The summed E-state index contributed by atoms with van der Waals surface area (Å²) < 4.78 is 26.7. The van der Waals surface area contributed by atoms with Gasteiger partial charge in [0.05, 0.1) is 33.7 Å². The predicted octanol–water partition coefficient (Wildman–Crippen LogP) is 10.8. The van der Waals surface area contributed by atoms with Gasteiger partial charge >= 0.3 is 6.09 Å². The van der Waals surface area contributed by atoms with Gasteiger partial charge < -0.3 is 39.4 Å². The third-order valence-electron chi connectivity index (χ3n) is 12.4. The predicted molar refractivity (Wildman–Crippen MR) is 248 cm³/mol. The molecule has 5 heterocycles. The molecular formula is C49H57Cl2N5O7. The standard InChI is InChI=1S/C29H36ClN3O5.C20H21ClN2O2/c1-28(2,3)38-27(35)32-16-20(17-32)29(4,5)37-25-14-19(18-9-10-24(34)22(30)12-18)13-23-21(25)15-31-33(23)26-8-6-7-11-36-26;1-20(2,15-9-23-10-15)25-19-7-13(5-14-8-22-11-16(14)19)12-3-4-18(24)17(21)6-12/h9-10,12-15,20,26,34H,6-8,11,16-17H2,1-5H3;3-7,11,15,23-24H,8-10H2,1-2H3. The molecular weight excluding hydrogens is 841 g/mol. The fraction of sp³-hybridized carbons (Fsp3) is 0.449. The first-order valence-corrected chi connectivity index (χ1v) is 22.4. The van der Waals surface area contributed by atoms with Crippen LogP contribution in [-0.4, -0.2) is 86.8 Å². The molecule has 0 spiro atoms. The minimum Gasteiger partial charge on any atom is -0.506 e. The maximum Gasteiger partial charge on any atom is 0.410 e. The number of nitrogens with one attached hydrogen (secondary N) is 1. The first-order valence-electron chi connectivity index (χ1n) is 21.7. The highest BCUT2D eigenvalue weighted by Gasteiger charge is 2.44. The molecule has 0 aliphatic carbocycles. The fourth-order valence-electron chi connectivity index (χ4n) is 8.24. The van der Waals surface area contributed by atoms with Crippen molar-refractivity contribution < 1.29 is 34.0 Å². The second-order valence-corrected chi connectivity index (χ2v) is 19.8. The number of carbonyl (C=O) groups excluding carboxylic acids is 1. The number of aromatic nitrogens is 2. The van der Waals surface area contributed by atoms with Gasteiger partial charge in [0.15, 0.2) is 6.23 Å². The SMILES string of the molecule is CC(C)(C)OC(=O)N1CC(C(C)(C)Oc2cc(-c3ccc(O)c(Cl)c3)cc3c2cnn3C2CCCCO2)C1.CC(C)(Oc1cc(-c2ccc(O)c(Cl)c2)cc2c1C=NC2)C1CNC1. The second-order valence-electron chi connectivity index (χ2n) is 19.0. The molecule has 12 nitrogen and oxygen atoms in total. The Balaban J connectivity index is 0.000000188. The minimum absolute atomic E-state index is 0.0364. The first kappa shape index (κ1) is 44.6. The number of hydrogen-bond donors (Lipinski definition) is 3. The molecule has 9 rings (SSSR count). The lowest BCUT2D eigenvalue weighted by Gasteiger charge is -2.47. The van der Waals surface area contributed by atoms with Crippen molar-refractivity contribution in [1.82, 2.24) is 20.0 Å². The molecule has 0 saturated carbocycles. The number of hydrogen-bond acceptors (Lipinski definition) is 10. The Hall–Kier alpha value is -5.01. The molecule has 14 heteroatoms. The van der Waals surface area contributed by atoms with Gasteiger partial charge in [0, 0.05) is 56.4 Å². The Kier molecular flexibility index (Phi) is 12.4. The Morgan fingerprint density at radius 2 is 1.41 bits per heavy atom. The van der Waals surface area contributed by atoms with Crippen LogP contribution in [0.5, 0.6) is 23.0 Å². The Morgan fingerprint density at radius 1 is 0.794 bits per heavy atom. The summed E-state index contributed by atoms with van der Waals surface area (Å²) >= 11 is 12.3. The summed E-state index contributed by atoms with van der Waals surface area (Å²) in [5.74, 6) is 2.31. The van der Waals surface area contributed by atoms with E-state index in [-0.39, 0.29) is 40.4 Å². The molecule has 4 aliphatic rings. The van der Waals surface area contributed by atoms with Crippen LogP contribution in [-0.2, 0) is 16.0 Å². The molecule has 334 valence electrons. The van der Waals surface area contributed by atoms with Gasteiger partial charge in [-0.05, 0) is 144 Å². The molecule has 3 saturated heterocycles. The molecule has 1 atom stereocenters. The highest BCUT2D eigenvalue weighted by Crippen LogP contribution is 2.42. The molecule has 4 aliphatic heterocycles. The van der Waals surface area contributed by atoms with Gasteiger partial charge in [0.25, 0.3) is 0 Å². The van der Waals surface area contributed by atoms with E-state index in [2.05, 4.69) is 50.1 Å². The lowest BCUT2D eigenvalue weighted by Crippen LogP contribution is -2.60. The van der Waals surface area contributed by atoms with Gasteiger partial charge in [-0.15, -0.1) is 0 Å². The quantitative estimate of drug-likeness (QED) is 0.132. The zero-order valence-electron chi connectivity index (χ0n) is 37.0. The topological polar surface area (TPSA) is 140 Å². The number of aromatic hydroxyl groups is 2. The number of carbonyl (C=O) groups is 1. The van der Waals surface area contributed by atoms with Crippen LogP contribution in [0.4, 0.5) is 4.79 Å². The normalized spacial score (nSPS) is 18.0. The third kappa shape index (κ3) is 9.74. The number of halogens is 2. The zero-order chi connectivity index (χ0) is 44.8. The molecule has 0 radical (unpaired) electrons. The van der Waals surface area contributed by atoms with Crippen molar-refractivity contribution in [2.45, 2.75) is 97.3 Å².